The van der Waals surface area contributed by atoms with Gasteiger partial charge < -0.3 is 9.84 Å². The maximum absolute atomic E-state index is 14.5. The van der Waals surface area contributed by atoms with Crippen LogP contribution in [0.3, 0.4) is 0 Å². The maximum Gasteiger partial charge on any atom is 0.280 e. The molecule has 0 radical (unpaired) electrons. The average molecular weight is 341 g/mol. The molecule has 9 nitrogen and oxygen atoms in total. The van der Waals surface area contributed by atoms with Crippen molar-refractivity contribution >= 4 is 23.0 Å². The van der Waals surface area contributed by atoms with Crippen LogP contribution in [0.25, 0.3) is 11.2 Å². The normalized spacial score (nSPS) is 28.7. The summed E-state index contributed by atoms with van der Waals surface area (Å²) in [5.74, 6) is -0.513. The molecule has 1 aliphatic rings. The first-order valence-electron chi connectivity index (χ1n) is 8.37. The molecule has 10 heteroatoms. The Kier molecular flexibility index (Phi) is 3.68. The summed E-state index contributed by atoms with van der Waals surface area (Å²) in [5, 5.41) is 12.4. The third-order valence-electron chi connectivity index (χ3n) is 3.76. The van der Waals surface area contributed by atoms with Crippen LogP contribution in [-0.2, 0) is 9.53 Å². The number of halogens is 1. The number of hydrogen-bond donors (Lipinski definition) is 3. The van der Waals surface area contributed by atoms with Crippen LogP contribution >= 0.6 is 0 Å². The number of nitrogens with one attached hydrogen (secondary N) is 2. The third kappa shape index (κ3) is 2.67. The number of aliphatic hydroxyl groups is 1. The number of H-pyrrole nitrogens is 1. The molecule has 2 aromatic rings. The molecular formula is C14H18FN5O4. The van der Waals surface area contributed by atoms with Crippen LogP contribution in [0.2, 0.25) is 0 Å². The van der Waals surface area contributed by atoms with Crippen LogP contribution < -0.4 is 10.9 Å². The molecule has 0 unspecified atom stereocenters. The van der Waals surface area contributed by atoms with Crippen molar-refractivity contribution in [2.75, 3.05) is 5.32 Å². The van der Waals surface area contributed by atoms with Gasteiger partial charge in [-0.2, -0.15) is 4.98 Å². The van der Waals surface area contributed by atoms with Gasteiger partial charge >= 0.3 is 0 Å². The second kappa shape index (κ2) is 6.29. The molecule has 0 saturated carbocycles. The Balaban J connectivity index is 2.03. The number of ether oxygens (including phenoxy) is 1. The van der Waals surface area contributed by atoms with Crippen LogP contribution in [0.1, 0.15) is 35.6 Å². The molecule has 1 fully saturated rings. The number of carbonyl (C=O) groups is 1. The van der Waals surface area contributed by atoms with Crippen molar-refractivity contribution in [3.63, 3.8) is 0 Å². The smallest absolute Gasteiger partial charge is 0.280 e. The highest BCUT2D eigenvalue weighted by Gasteiger charge is 2.44. The Morgan fingerprint density at radius 1 is 1.62 bits per heavy atom. The number of aromatic nitrogens is 4. The SMILES string of the molecule is [2H]C([2H])(C)[C@H]1O[C@@H](n2cnc3c(=O)[nH]c(NC(=O)CC)nc32)[C@H](F)[C@@H]1O. The predicted molar refractivity (Wildman–Crippen MR) is 82.2 cm³/mol. The van der Waals surface area contributed by atoms with E-state index < -0.39 is 36.5 Å². The van der Waals surface area contributed by atoms with Crippen LogP contribution in [0, 0.1) is 0 Å². The summed E-state index contributed by atoms with van der Waals surface area (Å²) in [6, 6.07) is 0. The molecule has 3 N–H and O–H groups in total. The van der Waals surface area contributed by atoms with Crippen molar-refractivity contribution in [3.8, 4) is 0 Å². The van der Waals surface area contributed by atoms with Crippen molar-refractivity contribution in [2.45, 2.75) is 51.2 Å². The van der Waals surface area contributed by atoms with E-state index in [1.54, 1.807) is 6.92 Å². The first-order chi connectivity index (χ1) is 12.1. The number of alkyl halides is 1. The van der Waals surface area contributed by atoms with Crippen LogP contribution in [0.5, 0.6) is 0 Å². The van der Waals surface area contributed by atoms with Crippen molar-refractivity contribution in [3.05, 3.63) is 16.7 Å². The molecule has 1 aliphatic heterocycles. The minimum Gasteiger partial charge on any atom is -0.387 e. The van der Waals surface area contributed by atoms with Crippen molar-refractivity contribution < 1.29 is 21.8 Å². The summed E-state index contributed by atoms with van der Waals surface area (Å²) >= 11 is 0. The van der Waals surface area contributed by atoms with Crippen LogP contribution in [0.4, 0.5) is 10.3 Å². The molecule has 0 bridgehead atoms. The molecule has 3 heterocycles. The standard InChI is InChI=1S/C14H18FN5O4/c1-3-6-10(22)8(15)13(24-6)20-5-16-9-11(20)18-14(19-12(9)23)17-7(21)4-2/h5-6,8,10,13,22H,3-4H2,1-2H3,(H2,17,18,19,21,23)/t6-,8-,10-,13-/m1/s1/i3D2. The van der Waals surface area contributed by atoms with Gasteiger partial charge in [-0.1, -0.05) is 13.8 Å². The van der Waals surface area contributed by atoms with Gasteiger partial charge in [0, 0.05) is 9.16 Å². The number of anilines is 1. The Morgan fingerprint density at radius 3 is 3.00 bits per heavy atom. The van der Waals surface area contributed by atoms with E-state index in [2.05, 4.69) is 20.3 Å². The zero-order chi connectivity index (χ0) is 19.2. The van der Waals surface area contributed by atoms with Gasteiger partial charge in [0.1, 0.15) is 6.10 Å². The van der Waals surface area contributed by atoms with E-state index in [0.29, 0.717) is 0 Å². The topological polar surface area (TPSA) is 122 Å². The van der Waals surface area contributed by atoms with Gasteiger partial charge in [0.05, 0.1) is 12.4 Å². The number of hydrogen-bond acceptors (Lipinski definition) is 6. The van der Waals surface area contributed by atoms with Crippen LogP contribution in [-0.4, -0.2) is 48.9 Å². The van der Waals surface area contributed by atoms with E-state index in [4.69, 9.17) is 7.48 Å². The quantitative estimate of drug-likeness (QED) is 0.743. The highest BCUT2D eigenvalue weighted by atomic mass is 19.1. The van der Waals surface area contributed by atoms with Gasteiger partial charge in [-0.15, -0.1) is 0 Å². The summed E-state index contributed by atoms with van der Waals surface area (Å²) in [6.45, 7) is 2.79. The van der Waals surface area contributed by atoms with Crippen LogP contribution in [0.15, 0.2) is 11.1 Å². The van der Waals surface area contributed by atoms with Crippen molar-refractivity contribution in [1.29, 1.82) is 0 Å². The lowest BCUT2D eigenvalue weighted by atomic mass is 10.1. The Morgan fingerprint density at radius 2 is 2.38 bits per heavy atom. The van der Waals surface area contributed by atoms with E-state index in [-0.39, 0.29) is 29.4 Å². The molecule has 0 aromatic carbocycles. The number of fused-ring (bicyclic) bond motifs is 1. The van der Waals surface area contributed by atoms with Gasteiger partial charge in [0.2, 0.25) is 11.9 Å². The fourth-order valence-electron chi connectivity index (χ4n) is 2.49. The number of aliphatic hydroxyl groups excluding tert-OH is 1. The monoisotopic (exact) mass is 341 g/mol. The molecule has 1 amide bonds. The Hall–Kier alpha value is -2.33. The molecule has 0 spiro atoms. The fraction of sp³-hybridized carbons (Fsp3) is 0.571. The molecular weight excluding hydrogens is 321 g/mol. The van der Waals surface area contributed by atoms with E-state index in [1.165, 1.54) is 6.92 Å². The van der Waals surface area contributed by atoms with E-state index in [9.17, 15) is 19.1 Å². The predicted octanol–water partition coefficient (Wildman–Crippen LogP) is 0.474. The molecule has 0 aliphatic carbocycles. The first kappa shape index (κ1) is 14.1. The number of amides is 1. The molecule has 1 saturated heterocycles. The zero-order valence-corrected chi connectivity index (χ0v) is 13.0. The Bertz CT molecular complexity index is 896. The van der Waals surface area contributed by atoms with Gasteiger partial charge in [-0.05, 0) is 6.37 Å². The summed E-state index contributed by atoms with van der Waals surface area (Å²) in [6.07, 6.45) is -7.17. The second-order valence-electron chi connectivity index (χ2n) is 5.31. The summed E-state index contributed by atoms with van der Waals surface area (Å²) in [7, 11) is 0. The fourth-order valence-corrected chi connectivity index (χ4v) is 2.49. The second-order valence-corrected chi connectivity index (χ2v) is 5.31. The maximum atomic E-state index is 14.5. The lowest BCUT2D eigenvalue weighted by molar-refractivity contribution is -0.115. The number of carbonyl (C=O) groups excluding carboxylic acids is 1. The van der Waals surface area contributed by atoms with Crippen molar-refractivity contribution in [2.24, 2.45) is 0 Å². The summed E-state index contributed by atoms with van der Waals surface area (Å²) in [5.41, 5.74) is -0.804. The molecule has 130 valence electrons. The van der Waals surface area contributed by atoms with Gasteiger partial charge in [-0.3, -0.25) is 24.5 Å². The largest absolute Gasteiger partial charge is 0.387 e. The molecule has 24 heavy (non-hydrogen) atoms. The number of rotatable bonds is 4. The Labute approximate surface area is 138 Å². The first-order valence-corrected chi connectivity index (χ1v) is 7.37. The number of aromatic amines is 1. The van der Waals surface area contributed by atoms with E-state index >= 15 is 0 Å². The van der Waals surface area contributed by atoms with Gasteiger partial charge in [-0.25, -0.2) is 9.37 Å². The molecule has 3 rings (SSSR count). The van der Waals surface area contributed by atoms with E-state index in [1.807, 2.05) is 0 Å². The molecule has 2 aromatic heterocycles. The van der Waals surface area contributed by atoms with Crippen molar-refractivity contribution in [1.82, 2.24) is 19.5 Å². The van der Waals surface area contributed by atoms with Gasteiger partial charge in [0.25, 0.3) is 5.56 Å². The number of nitrogens with zero attached hydrogens (tertiary/aromatic N) is 3. The zero-order valence-electron chi connectivity index (χ0n) is 15.0. The summed E-state index contributed by atoms with van der Waals surface area (Å²) < 4.78 is 36.3. The van der Waals surface area contributed by atoms with Gasteiger partial charge in [0.15, 0.2) is 23.6 Å². The minimum absolute atomic E-state index is 0.0580. The summed E-state index contributed by atoms with van der Waals surface area (Å²) in [4.78, 5) is 33.9. The molecule has 4 atom stereocenters. The number of imidazole rings is 1. The lowest BCUT2D eigenvalue weighted by Gasteiger charge is -2.15. The minimum atomic E-state index is -1.99. The third-order valence-corrected chi connectivity index (χ3v) is 3.76. The highest BCUT2D eigenvalue weighted by molar-refractivity contribution is 5.89. The van der Waals surface area contributed by atoms with E-state index in [0.717, 1.165) is 10.9 Å². The highest BCUT2D eigenvalue weighted by Crippen LogP contribution is 2.34. The lowest BCUT2D eigenvalue weighted by Crippen LogP contribution is -2.28. The average Bonchev–Trinajstić information content (AvgIpc) is 3.09.